The molecule has 0 saturated heterocycles. The Morgan fingerprint density at radius 1 is 1.20 bits per heavy atom. The van der Waals surface area contributed by atoms with Crippen LogP contribution in [0.3, 0.4) is 0 Å². The zero-order valence-electron chi connectivity index (χ0n) is 12.7. The van der Waals surface area contributed by atoms with Crippen LogP contribution >= 0.6 is 11.3 Å². The van der Waals surface area contributed by atoms with E-state index in [1.54, 1.807) is 11.3 Å². The van der Waals surface area contributed by atoms with Crippen molar-refractivity contribution >= 4 is 11.3 Å². The Morgan fingerprint density at radius 2 is 1.95 bits per heavy atom. The van der Waals surface area contributed by atoms with Gasteiger partial charge in [0.15, 0.2) is 4.80 Å². The molecule has 1 heterocycles. The van der Waals surface area contributed by atoms with Gasteiger partial charge in [0.2, 0.25) is 0 Å². The van der Waals surface area contributed by atoms with Gasteiger partial charge in [-0.1, -0.05) is 43.7 Å². The Kier molecular flexibility index (Phi) is 5.60. The number of hydrogen-bond donors (Lipinski definition) is 0. The maximum Gasteiger partial charge on any atom is 0.185 e. The summed E-state index contributed by atoms with van der Waals surface area (Å²) in [5, 5.41) is 2.27. The van der Waals surface area contributed by atoms with Crippen LogP contribution in [0.5, 0.6) is 0 Å². The van der Waals surface area contributed by atoms with Crippen molar-refractivity contribution < 1.29 is 0 Å². The van der Waals surface area contributed by atoms with E-state index in [0.717, 1.165) is 13.0 Å². The monoisotopic (exact) mass is 288 g/mol. The second kappa shape index (κ2) is 7.44. The minimum atomic E-state index is 0.353. The molecule has 0 saturated carbocycles. The minimum absolute atomic E-state index is 0.353. The Balaban J connectivity index is 2.30. The third-order valence-corrected chi connectivity index (χ3v) is 4.14. The Labute approximate surface area is 125 Å². The van der Waals surface area contributed by atoms with Crippen LogP contribution in [0.25, 0.3) is 0 Å². The van der Waals surface area contributed by atoms with E-state index in [1.165, 1.54) is 28.9 Å². The standard InChI is InChI=1S/C17H24N2S/c1-4-5-11-19-16(12-15-9-7-6-8-10-15)13-20-17(19)18-14(2)3/h6-10,13-14H,4-5,11-12H2,1-3H3. The number of nitrogens with zero attached hydrogens (tertiary/aromatic N) is 2. The van der Waals surface area contributed by atoms with Gasteiger partial charge in [0.05, 0.1) is 0 Å². The molecule has 0 amide bonds. The first kappa shape index (κ1) is 15.0. The average Bonchev–Trinajstić information content (AvgIpc) is 2.79. The topological polar surface area (TPSA) is 17.3 Å². The summed E-state index contributed by atoms with van der Waals surface area (Å²) in [4.78, 5) is 5.92. The summed E-state index contributed by atoms with van der Waals surface area (Å²) in [7, 11) is 0. The molecule has 3 heteroatoms. The van der Waals surface area contributed by atoms with Crippen LogP contribution in [0.15, 0.2) is 40.7 Å². The highest BCUT2D eigenvalue weighted by Crippen LogP contribution is 2.11. The van der Waals surface area contributed by atoms with E-state index in [2.05, 4.69) is 61.1 Å². The van der Waals surface area contributed by atoms with E-state index in [-0.39, 0.29) is 0 Å². The lowest BCUT2D eigenvalue weighted by Crippen LogP contribution is -2.19. The largest absolute Gasteiger partial charge is 0.321 e. The zero-order valence-corrected chi connectivity index (χ0v) is 13.5. The molecule has 0 fully saturated rings. The molecule has 0 aliphatic carbocycles. The minimum Gasteiger partial charge on any atom is -0.321 e. The molecule has 20 heavy (non-hydrogen) atoms. The van der Waals surface area contributed by atoms with Crippen molar-refractivity contribution in [1.29, 1.82) is 0 Å². The smallest absolute Gasteiger partial charge is 0.185 e. The van der Waals surface area contributed by atoms with E-state index >= 15 is 0 Å². The molecular formula is C17H24N2S. The quantitative estimate of drug-likeness (QED) is 0.756. The maximum atomic E-state index is 4.76. The van der Waals surface area contributed by atoms with Gasteiger partial charge in [-0.2, -0.15) is 0 Å². The summed E-state index contributed by atoms with van der Waals surface area (Å²) in [5.74, 6) is 0. The highest BCUT2D eigenvalue weighted by Gasteiger charge is 2.06. The third-order valence-electron chi connectivity index (χ3n) is 3.21. The van der Waals surface area contributed by atoms with Gasteiger partial charge < -0.3 is 4.57 Å². The van der Waals surface area contributed by atoms with Crippen LogP contribution in [-0.4, -0.2) is 10.6 Å². The van der Waals surface area contributed by atoms with Crippen LogP contribution in [0.2, 0.25) is 0 Å². The lowest BCUT2D eigenvalue weighted by atomic mass is 10.1. The highest BCUT2D eigenvalue weighted by molar-refractivity contribution is 7.07. The van der Waals surface area contributed by atoms with Gasteiger partial charge in [0.25, 0.3) is 0 Å². The molecule has 0 radical (unpaired) electrons. The summed E-state index contributed by atoms with van der Waals surface area (Å²) in [6, 6.07) is 11.0. The van der Waals surface area contributed by atoms with Crippen molar-refractivity contribution in [3.05, 3.63) is 51.8 Å². The summed E-state index contributed by atoms with van der Waals surface area (Å²) in [6.07, 6.45) is 3.42. The zero-order chi connectivity index (χ0) is 14.4. The van der Waals surface area contributed by atoms with E-state index in [0.29, 0.717) is 6.04 Å². The van der Waals surface area contributed by atoms with Crippen molar-refractivity contribution in [2.75, 3.05) is 0 Å². The Bertz CT molecular complexity index is 579. The molecule has 0 unspecified atom stereocenters. The fourth-order valence-electron chi connectivity index (χ4n) is 2.19. The predicted molar refractivity (Wildman–Crippen MR) is 87.2 cm³/mol. The van der Waals surface area contributed by atoms with Gasteiger partial charge in [-0.25, -0.2) is 0 Å². The second-order valence-corrected chi connectivity index (χ2v) is 6.24. The maximum absolute atomic E-state index is 4.76. The van der Waals surface area contributed by atoms with Crippen molar-refractivity contribution in [3.63, 3.8) is 0 Å². The van der Waals surface area contributed by atoms with Gasteiger partial charge in [-0.05, 0) is 25.8 Å². The van der Waals surface area contributed by atoms with Crippen LogP contribution in [0.4, 0.5) is 0 Å². The number of aromatic nitrogens is 1. The second-order valence-electron chi connectivity index (χ2n) is 5.40. The fourth-order valence-corrected chi connectivity index (χ4v) is 3.25. The lowest BCUT2D eigenvalue weighted by Gasteiger charge is -2.09. The molecule has 0 spiro atoms. The van der Waals surface area contributed by atoms with Crippen molar-refractivity contribution in [2.24, 2.45) is 4.99 Å². The molecule has 2 rings (SSSR count). The van der Waals surface area contributed by atoms with Crippen molar-refractivity contribution in [3.8, 4) is 0 Å². The number of hydrogen-bond acceptors (Lipinski definition) is 2. The Hall–Kier alpha value is -1.35. The van der Waals surface area contributed by atoms with Gasteiger partial charge in [0.1, 0.15) is 0 Å². The number of thiazole rings is 1. The molecular weight excluding hydrogens is 264 g/mol. The van der Waals surface area contributed by atoms with Crippen molar-refractivity contribution in [2.45, 2.75) is 52.6 Å². The molecule has 2 aromatic rings. The molecule has 0 bridgehead atoms. The average molecular weight is 288 g/mol. The third kappa shape index (κ3) is 4.07. The summed E-state index contributed by atoms with van der Waals surface area (Å²) < 4.78 is 2.40. The van der Waals surface area contributed by atoms with Gasteiger partial charge in [-0.15, -0.1) is 11.3 Å². The molecule has 2 nitrogen and oxygen atoms in total. The van der Waals surface area contributed by atoms with Crippen LogP contribution in [0.1, 0.15) is 44.9 Å². The van der Waals surface area contributed by atoms with E-state index < -0.39 is 0 Å². The summed E-state index contributed by atoms with van der Waals surface area (Å²) in [5.41, 5.74) is 2.75. The van der Waals surface area contributed by atoms with Crippen molar-refractivity contribution in [1.82, 2.24) is 4.57 Å². The van der Waals surface area contributed by atoms with Crippen LogP contribution in [0, 0.1) is 0 Å². The van der Waals surface area contributed by atoms with Gasteiger partial charge in [0, 0.05) is 30.1 Å². The number of rotatable bonds is 6. The summed E-state index contributed by atoms with van der Waals surface area (Å²) >= 11 is 1.77. The lowest BCUT2D eigenvalue weighted by molar-refractivity contribution is 0.589. The first-order chi connectivity index (χ1) is 9.70. The van der Waals surface area contributed by atoms with E-state index in [1.807, 2.05) is 0 Å². The van der Waals surface area contributed by atoms with Gasteiger partial charge in [-0.3, -0.25) is 4.99 Å². The molecule has 0 atom stereocenters. The van der Waals surface area contributed by atoms with E-state index in [9.17, 15) is 0 Å². The predicted octanol–water partition coefficient (Wildman–Crippen LogP) is 4.25. The highest BCUT2D eigenvalue weighted by atomic mass is 32.1. The molecule has 0 aliphatic rings. The Morgan fingerprint density at radius 3 is 2.60 bits per heavy atom. The van der Waals surface area contributed by atoms with Crippen LogP contribution < -0.4 is 4.80 Å². The SMILES string of the molecule is CCCCn1c(Cc2ccccc2)csc1=NC(C)C. The van der Waals surface area contributed by atoms with E-state index in [4.69, 9.17) is 4.99 Å². The molecule has 0 aliphatic heterocycles. The first-order valence-electron chi connectivity index (χ1n) is 7.45. The summed E-state index contributed by atoms with van der Waals surface area (Å²) in [6.45, 7) is 7.60. The first-order valence-corrected chi connectivity index (χ1v) is 8.33. The number of benzene rings is 1. The fraction of sp³-hybridized carbons (Fsp3) is 0.471. The normalized spacial score (nSPS) is 12.3. The number of unbranched alkanes of at least 4 members (excludes halogenated alkanes) is 1. The molecule has 1 aromatic heterocycles. The molecule has 0 N–H and O–H groups in total. The van der Waals surface area contributed by atoms with Crippen LogP contribution in [-0.2, 0) is 13.0 Å². The molecule has 108 valence electrons. The van der Waals surface area contributed by atoms with Gasteiger partial charge >= 0.3 is 0 Å². The molecule has 1 aromatic carbocycles.